The largest absolute Gasteiger partial charge is 0.477 e. The minimum atomic E-state index is -1.06. The second kappa shape index (κ2) is 6.37. The van der Waals surface area contributed by atoms with E-state index in [-0.39, 0.29) is 5.91 Å². The predicted molar refractivity (Wildman–Crippen MR) is 93.0 cm³/mol. The zero-order valence-electron chi connectivity index (χ0n) is 14.0. The average molecular weight is 320 g/mol. The fourth-order valence-corrected chi connectivity index (χ4v) is 3.04. The molecule has 0 saturated carbocycles. The van der Waals surface area contributed by atoms with Gasteiger partial charge in [0, 0.05) is 12.2 Å². The summed E-state index contributed by atoms with van der Waals surface area (Å²) in [6.45, 7) is 4.18. The summed E-state index contributed by atoms with van der Waals surface area (Å²) < 4.78 is 5.94. The molecule has 2 aromatic rings. The van der Waals surface area contributed by atoms with Crippen molar-refractivity contribution in [2.75, 3.05) is 11.4 Å². The van der Waals surface area contributed by atoms with Crippen LogP contribution in [0, 0.1) is 11.3 Å². The molecule has 0 aromatic heterocycles. The Morgan fingerprint density at radius 2 is 1.88 bits per heavy atom. The number of hydrogen-bond acceptors (Lipinski definition) is 3. The number of rotatable bonds is 3. The number of amides is 1. The van der Waals surface area contributed by atoms with Crippen molar-refractivity contribution in [2.45, 2.75) is 32.3 Å². The Balaban J connectivity index is 1.88. The van der Waals surface area contributed by atoms with Crippen molar-refractivity contribution in [3.63, 3.8) is 0 Å². The summed E-state index contributed by atoms with van der Waals surface area (Å²) >= 11 is 0. The van der Waals surface area contributed by atoms with Crippen molar-refractivity contribution in [3.05, 3.63) is 59.7 Å². The van der Waals surface area contributed by atoms with E-state index in [0.29, 0.717) is 17.9 Å². The van der Waals surface area contributed by atoms with Crippen molar-refractivity contribution in [1.29, 1.82) is 5.26 Å². The van der Waals surface area contributed by atoms with Gasteiger partial charge in [0.2, 0.25) is 0 Å². The molecule has 1 heterocycles. The Bertz CT molecular complexity index is 805. The third-order valence-corrected chi connectivity index (χ3v) is 4.24. The molecular weight excluding hydrogens is 300 g/mol. The van der Waals surface area contributed by atoms with E-state index in [9.17, 15) is 10.1 Å². The molecule has 4 nitrogen and oxygen atoms in total. The quantitative estimate of drug-likeness (QED) is 0.866. The van der Waals surface area contributed by atoms with E-state index in [0.717, 1.165) is 18.5 Å². The number of aryl methyl sites for hydroxylation is 1. The summed E-state index contributed by atoms with van der Waals surface area (Å²) in [6.07, 6.45) is 1.92. The number of anilines is 1. The summed E-state index contributed by atoms with van der Waals surface area (Å²) in [4.78, 5) is 14.9. The first-order chi connectivity index (χ1) is 11.5. The maximum absolute atomic E-state index is 13.1. The minimum absolute atomic E-state index is 0.0950. The number of carbonyl (C=O) groups excluding carboxylic acids is 1. The van der Waals surface area contributed by atoms with Gasteiger partial charge in [-0.3, -0.25) is 4.79 Å². The Morgan fingerprint density at radius 1 is 1.17 bits per heavy atom. The van der Waals surface area contributed by atoms with Gasteiger partial charge in [-0.05, 0) is 50.5 Å². The number of nitriles is 1. The number of benzene rings is 2. The molecule has 1 aliphatic rings. The number of hydrogen-bond donors (Lipinski definition) is 0. The molecule has 0 spiro atoms. The molecule has 0 fully saturated rings. The number of nitrogens with zero attached hydrogens (tertiary/aromatic N) is 2. The Labute approximate surface area is 142 Å². The van der Waals surface area contributed by atoms with Crippen molar-refractivity contribution in [2.24, 2.45) is 0 Å². The molecule has 0 aliphatic carbocycles. The number of para-hydroxylation sites is 2. The van der Waals surface area contributed by atoms with Gasteiger partial charge >= 0.3 is 0 Å². The third kappa shape index (κ3) is 2.98. The highest BCUT2D eigenvalue weighted by molar-refractivity contribution is 6.00. The Kier molecular flexibility index (Phi) is 4.26. The second-order valence-corrected chi connectivity index (χ2v) is 6.41. The van der Waals surface area contributed by atoms with Crippen LogP contribution in [0.25, 0.3) is 0 Å². The maximum Gasteiger partial charge on any atom is 0.270 e. The van der Waals surface area contributed by atoms with Crippen molar-refractivity contribution < 1.29 is 9.53 Å². The first-order valence-corrected chi connectivity index (χ1v) is 8.11. The molecule has 1 aliphatic heterocycles. The highest BCUT2D eigenvalue weighted by Crippen LogP contribution is 2.31. The molecule has 0 bridgehead atoms. The zero-order chi connectivity index (χ0) is 17.2. The number of ether oxygens (including phenoxy) is 1. The molecule has 1 amide bonds. The second-order valence-electron chi connectivity index (χ2n) is 6.41. The van der Waals surface area contributed by atoms with Crippen LogP contribution in [0.1, 0.15) is 31.4 Å². The van der Waals surface area contributed by atoms with Gasteiger partial charge in [0.25, 0.3) is 5.91 Å². The molecule has 0 N–H and O–H groups in total. The van der Waals surface area contributed by atoms with E-state index in [1.807, 2.05) is 18.2 Å². The maximum atomic E-state index is 13.1. The number of fused-ring (bicyclic) bond motifs is 1. The highest BCUT2D eigenvalue weighted by atomic mass is 16.5. The fourth-order valence-electron chi connectivity index (χ4n) is 3.04. The van der Waals surface area contributed by atoms with E-state index in [1.165, 1.54) is 5.56 Å². The van der Waals surface area contributed by atoms with Crippen molar-refractivity contribution >= 4 is 11.6 Å². The van der Waals surface area contributed by atoms with Gasteiger partial charge in [0.05, 0.1) is 5.56 Å². The first kappa shape index (κ1) is 16.1. The van der Waals surface area contributed by atoms with E-state index in [4.69, 9.17) is 4.74 Å². The molecule has 0 saturated heterocycles. The summed E-state index contributed by atoms with van der Waals surface area (Å²) in [6, 6.07) is 17.1. The van der Waals surface area contributed by atoms with Crippen LogP contribution in [0.3, 0.4) is 0 Å². The van der Waals surface area contributed by atoms with Gasteiger partial charge in [0.1, 0.15) is 11.8 Å². The van der Waals surface area contributed by atoms with Gasteiger partial charge < -0.3 is 9.64 Å². The zero-order valence-corrected chi connectivity index (χ0v) is 14.0. The normalized spacial score (nSPS) is 13.8. The van der Waals surface area contributed by atoms with Gasteiger partial charge in [-0.1, -0.05) is 30.3 Å². The average Bonchev–Trinajstić information content (AvgIpc) is 2.60. The van der Waals surface area contributed by atoms with E-state index in [1.54, 1.807) is 43.0 Å². The first-order valence-electron chi connectivity index (χ1n) is 8.11. The van der Waals surface area contributed by atoms with Gasteiger partial charge in [-0.15, -0.1) is 0 Å². The topological polar surface area (TPSA) is 53.3 Å². The fraction of sp³-hybridized carbons (Fsp3) is 0.300. The van der Waals surface area contributed by atoms with Crippen LogP contribution < -0.4 is 9.64 Å². The molecule has 24 heavy (non-hydrogen) atoms. The standard InChI is InChI=1S/C20H20N2O2/c1-20(2,24-18-12-6-4-9-16(18)14-21)19(23)22-13-7-10-15-8-3-5-11-17(15)22/h3-6,8-9,11-12H,7,10,13H2,1-2H3. The minimum Gasteiger partial charge on any atom is -0.477 e. The van der Waals surface area contributed by atoms with Crippen LogP contribution in [0.2, 0.25) is 0 Å². The van der Waals surface area contributed by atoms with Crippen LogP contribution in [-0.4, -0.2) is 18.1 Å². The monoisotopic (exact) mass is 320 g/mol. The van der Waals surface area contributed by atoms with Gasteiger partial charge in [-0.25, -0.2) is 0 Å². The molecular formula is C20H20N2O2. The Hall–Kier alpha value is -2.80. The molecule has 122 valence electrons. The predicted octanol–water partition coefficient (Wildman–Crippen LogP) is 3.70. The van der Waals surface area contributed by atoms with Crippen LogP contribution in [-0.2, 0) is 11.2 Å². The summed E-state index contributed by atoms with van der Waals surface area (Å²) in [5.74, 6) is 0.339. The van der Waals surface area contributed by atoms with E-state index < -0.39 is 5.60 Å². The lowest BCUT2D eigenvalue weighted by atomic mass is 9.99. The number of carbonyl (C=O) groups is 1. The van der Waals surface area contributed by atoms with Crippen LogP contribution in [0.5, 0.6) is 5.75 Å². The summed E-state index contributed by atoms with van der Waals surface area (Å²) in [5, 5.41) is 9.21. The molecule has 0 unspecified atom stereocenters. The third-order valence-electron chi connectivity index (χ3n) is 4.24. The van der Waals surface area contributed by atoms with Crippen LogP contribution >= 0.6 is 0 Å². The highest BCUT2D eigenvalue weighted by Gasteiger charge is 2.37. The SMILES string of the molecule is CC(C)(Oc1ccccc1C#N)C(=O)N1CCCc2ccccc21. The molecule has 0 radical (unpaired) electrons. The molecule has 4 heteroatoms. The smallest absolute Gasteiger partial charge is 0.270 e. The van der Waals surface area contributed by atoms with E-state index in [2.05, 4.69) is 12.1 Å². The molecule has 0 atom stereocenters. The molecule has 3 rings (SSSR count). The van der Waals surface area contributed by atoms with Crippen molar-refractivity contribution in [3.8, 4) is 11.8 Å². The van der Waals surface area contributed by atoms with Crippen LogP contribution in [0.4, 0.5) is 5.69 Å². The molecule has 2 aromatic carbocycles. The van der Waals surface area contributed by atoms with Crippen LogP contribution in [0.15, 0.2) is 48.5 Å². The van der Waals surface area contributed by atoms with Crippen molar-refractivity contribution in [1.82, 2.24) is 0 Å². The lowest BCUT2D eigenvalue weighted by Crippen LogP contribution is -2.50. The lowest BCUT2D eigenvalue weighted by molar-refractivity contribution is -0.131. The van der Waals surface area contributed by atoms with Gasteiger partial charge in [-0.2, -0.15) is 5.26 Å². The summed E-state index contributed by atoms with van der Waals surface area (Å²) in [7, 11) is 0. The summed E-state index contributed by atoms with van der Waals surface area (Å²) in [5.41, 5.74) is 1.51. The lowest BCUT2D eigenvalue weighted by Gasteiger charge is -2.35. The van der Waals surface area contributed by atoms with E-state index >= 15 is 0 Å². The Morgan fingerprint density at radius 3 is 2.67 bits per heavy atom. The van der Waals surface area contributed by atoms with Gasteiger partial charge in [0.15, 0.2) is 5.60 Å².